The Kier molecular flexibility index (Phi) is 7.55. The van der Waals surface area contributed by atoms with Crippen molar-refractivity contribution in [2.75, 3.05) is 11.5 Å². The largest absolute Gasteiger partial charge is 0.303 e. The van der Waals surface area contributed by atoms with Crippen molar-refractivity contribution in [3.63, 3.8) is 0 Å². The minimum Gasteiger partial charge on any atom is -0.303 e. The maximum Gasteiger partial charge on any atom is 0.120 e. The van der Waals surface area contributed by atoms with E-state index in [-0.39, 0.29) is 0 Å². The van der Waals surface area contributed by atoms with Crippen LogP contribution in [0, 0.1) is 0 Å². The Morgan fingerprint density at radius 2 is 2.00 bits per heavy atom. The Balaban J connectivity index is 2.74. The van der Waals surface area contributed by atoms with Crippen molar-refractivity contribution < 1.29 is 4.79 Å². The summed E-state index contributed by atoms with van der Waals surface area (Å²) in [5.74, 6) is 2.05. The van der Waals surface area contributed by atoms with E-state index >= 15 is 0 Å². The third-order valence-electron chi connectivity index (χ3n) is 0.846. The molecule has 0 aromatic heterocycles. The van der Waals surface area contributed by atoms with Crippen LogP contribution in [0.25, 0.3) is 0 Å². The predicted octanol–water partition coefficient (Wildman–Crippen LogP) is 1.88. The third kappa shape index (κ3) is 7.76. The van der Waals surface area contributed by atoms with Crippen LogP contribution in [0.1, 0.15) is 12.8 Å². The molecule has 0 fully saturated rings. The van der Waals surface area contributed by atoms with Gasteiger partial charge in [0.15, 0.2) is 0 Å². The molecule has 0 unspecified atom stereocenters. The number of hydrogen-bond donors (Lipinski definition) is 0. The van der Waals surface area contributed by atoms with Crippen molar-refractivity contribution in [2.45, 2.75) is 12.8 Å². The highest BCUT2D eigenvalue weighted by Gasteiger charge is 1.84. The van der Waals surface area contributed by atoms with Gasteiger partial charge in [-0.15, -0.1) is 6.58 Å². The van der Waals surface area contributed by atoms with Gasteiger partial charge in [-0.2, -0.15) is 11.8 Å². The molecule has 0 aromatic rings. The predicted molar refractivity (Wildman–Crippen MR) is 42.8 cm³/mol. The maximum atomic E-state index is 9.80. The number of aldehydes is 1. The molecule has 0 saturated heterocycles. The summed E-state index contributed by atoms with van der Waals surface area (Å²) < 4.78 is 0. The Morgan fingerprint density at radius 1 is 1.33 bits per heavy atom. The molecule has 0 bridgehead atoms. The molecule has 0 rings (SSSR count). The Bertz CT molecular complexity index is 71.0. The first-order valence-electron chi connectivity index (χ1n) is 3.04. The number of carbonyl (C=O) groups excluding carboxylic acids is 1. The highest BCUT2D eigenvalue weighted by atomic mass is 32.2. The molecule has 0 saturated carbocycles. The first kappa shape index (κ1) is 8.76. The Hall–Kier alpha value is -0.240. The lowest BCUT2D eigenvalue weighted by atomic mass is 10.5. The van der Waals surface area contributed by atoms with Crippen molar-refractivity contribution in [3.8, 4) is 0 Å². The smallest absolute Gasteiger partial charge is 0.120 e. The molecule has 0 heterocycles. The molecule has 0 aromatic carbocycles. The SMILES string of the molecule is C=CCCSCCC=O. The number of allylic oxidation sites excluding steroid dienone is 1. The second-order valence-corrected chi connectivity index (χ2v) is 2.87. The number of hydrogen-bond acceptors (Lipinski definition) is 2. The summed E-state index contributed by atoms with van der Waals surface area (Å²) in [6.45, 7) is 3.60. The average Bonchev–Trinajstić information content (AvgIpc) is 1.89. The van der Waals surface area contributed by atoms with Crippen LogP contribution in [0.3, 0.4) is 0 Å². The van der Waals surface area contributed by atoms with Crippen molar-refractivity contribution in [3.05, 3.63) is 12.7 Å². The first-order chi connectivity index (χ1) is 4.41. The zero-order valence-corrected chi connectivity index (χ0v) is 6.32. The Labute approximate surface area is 60.5 Å². The maximum absolute atomic E-state index is 9.80. The molecular weight excluding hydrogens is 132 g/mol. The molecular formula is C7H12OS. The molecule has 1 nitrogen and oxygen atoms in total. The van der Waals surface area contributed by atoms with E-state index in [9.17, 15) is 4.79 Å². The summed E-state index contributed by atoms with van der Waals surface area (Å²) >= 11 is 1.80. The monoisotopic (exact) mass is 144 g/mol. The summed E-state index contributed by atoms with van der Waals surface area (Å²) in [6, 6.07) is 0. The Morgan fingerprint density at radius 3 is 2.56 bits per heavy atom. The molecule has 9 heavy (non-hydrogen) atoms. The van der Waals surface area contributed by atoms with Crippen molar-refractivity contribution in [1.82, 2.24) is 0 Å². The van der Waals surface area contributed by atoms with Gasteiger partial charge in [-0.05, 0) is 17.9 Å². The minimum atomic E-state index is 0.682. The van der Waals surface area contributed by atoms with Gasteiger partial charge in [0.2, 0.25) is 0 Å². The van der Waals surface area contributed by atoms with E-state index in [1.165, 1.54) is 0 Å². The molecule has 0 aliphatic carbocycles. The van der Waals surface area contributed by atoms with Crippen LogP contribution in [0.5, 0.6) is 0 Å². The van der Waals surface area contributed by atoms with Crippen LogP contribution in [-0.4, -0.2) is 17.8 Å². The van der Waals surface area contributed by atoms with Gasteiger partial charge in [-0.25, -0.2) is 0 Å². The highest BCUT2D eigenvalue weighted by molar-refractivity contribution is 7.99. The van der Waals surface area contributed by atoms with Gasteiger partial charge in [-0.1, -0.05) is 6.08 Å². The van der Waals surface area contributed by atoms with E-state index in [0.717, 1.165) is 24.2 Å². The van der Waals surface area contributed by atoms with Crippen LogP contribution in [0.2, 0.25) is 0 Å². The fraction of sp³-hybridized carbons (Fsp3) is 0.571. The molecule has 52 valence electrons. The van der Waals surface area contributed by atoms with Crippen LogP contribution in [0.4, 0.5) is 0 Å². The topological polar surface area (TPSA) is 17.1 Å². The lowest BCUT2D eigenvalue weighted by Gasteiger charge is -1.91. The van der Waals surface area contributed by atoms with Crippen molar-refractivity contribution in [2.24, 2.45) is 0 Å². The van der Waals surface area contributed by atoms with E-state index in [1.54, 1.807) is 11.8 Å². The lowest BCUT2D eigenvalue weighted by molar-refractivity contribution is -0.107. The van der Waals surface area contributed by atoms with Crippen LogP contribution < -0.4 is 0 Å². The number of rotatable bonds is 6. The average molecular weight is 144 g/mol. The summed E-state index contributed by atoms with van der Waals surface area (Å²) in [6.07, 6.45) is 4.58. The van der Waals surface area contributed by atoms with Crippen LogP contribution >= 0.6 is 11.8 Å². The zero-order valence-electron chi connectivity index (χ0n) is 5.51. The summed E-state index contributed by atoms with van der Waals surface area (Å²) in [7, 11) is 0. The highest BCUT2D eigenvalue weighted by Crippen LogP contribution is 2.02. The lowest BCUT2D eigenvalue weighted by Crippen LogP contribution is -1.82. The molecule has 0 amide bonds. The summed E-state index contributed by atoms with van der Waals surface area (Å²) in [5, 5.41) is 0. The molecule has 0 aliphatic rings. The van der Waals surface area contributed by atoms with Gasteiger partial charge in [0.1, 0.15) is 6.29 Å². The number of carbonyl (C=O) groups is 1. The van der Waals surface area contributed by atoms with Gasteiger partial charge in [-0.3, -0.25) is 0 Å². The fourth-order valence-corrected chi connectivity index (χ4v) is 1.20. The van der Waals surface area contributed by atoms with E-state index in [1.807, 2.05) is 6.08 Å². The van der Waals surface area contributed by atoms with E-state index in [2.05, 4.69) is 6.58 Å². The molecule has 0 radical (unpaired) electrons. The van der Waals surface area contributed by atoms with Gasteiger partial charge in [0, 0.05) is 6.42 Å². The van der Waals surface area contributed by atoms with Gasteiger partial charge in [0.25, 0.3) is 0 Å². The summed E-state index contributed by atoms with van der Waals surface area (Å²) in [5.41, 5.74) is 0. The van der Waals surface area contributed by atoms with E-state index in [0.29, 0.717) is 6.42 Å². The minimum absolute atomic E-state index is 0.682. The van der Waals surface area contributed by atoms with E-state index < -0.39 is 0 Å². The molecule has 2 heteroatoms. The van der Waals surface area contributed by atoms with Crippen molar-refractivity contribution in [1.29, 1.82) is 0 Å². The fourth-order valence-electron chi connectivity index (χ4n) is 0.400. The van der Waals surface area contributed by atoms with Gasteiger partial charge < -0.3 is 4.79 Å². The summed E-state index contributed by atoms with van der Waals surface area (Å²) in [4.78, 5) is 9.80. The second-order valence-electron chi connectivity index (χ2n) is 1.65. The van der Waals surface area contributed by atoms with Crippen LogP contribution in [-0.2, 0) is 4.79 Å². The molecule has 0 atom stereocenters. The van der Waals surface area contributed by atoms with Gasteiger partial charge >= 0.3 is 0 Å². The van der Waals surface area contributed by atoms with Gasteiger partial charge in [0.05, 0.1) is 0 Å². The first-order valence-corrected chi connectivity index (χ1v) is 4.19. The van der Waals surface area contributed by atoms with Crippen molar-refractivity contribution >= 4 is 18.0 Å². The van der Waals surface area contributed by atoms with E-state index in [4.69, 9.17) is 0 Å². The molecule has 0 spiro atoms. The van der Waals surface area contributed by atoms with Crippen LogP contribution in [0.15, 0.2) is 12.7 Å². The zero-order chi connectivity index (χ0) is 6.95. The molecule has 0 N–H and O–H groups in total. The normalized spacial score (nSPS) is 8.89. The number of thioether (sulfide) groups is 1. The quantitative estimate of drug-likeness (QED) is 0.322. The third-order valence-corrected chi connectivity index (χ3v) is 1.90. The standard InChI is InChI=1S/C7H12OS/c1-2-3-6-9-7-4-5-8/h2,5H,1,3-4,6-7H2. The second kappa shape index (κ2) is 7.76. The molecule has 0 aliphatic heterocycles.